The van der Waals surface area contributed by atoms with Gasteiger partial charge < -0.3 is 25.2 Å². The van der Waals surface area contributed by atoms with Gasteiger partial charge in [-0.1, -0.05) is 11.6 Å². The van der Waals surface area contributed by atoms with Crippen LogP contribution < -0.4 is 20.1 Å². The molecule has 0 aliphatic heterocycles. The molecule has 0 heterocycles. The maximum absolute atomic E-state index is 13.5. The van der Waals surface area contributed by atoms with Gasteiger partial charge in [0.2, 0.25) is 0 Å². The zero-order valence-electron chi connectivity index (χ0n) is 18.8. The first kappa shape index (κ1) is 26.0. The number of benzene rings is 2. The normalized spacial score (nSPS) is 25.2. The minimum atomic E-state index is -4.83. The molecule has 3 aliphatic rings. The Labute approximate surface area is 208 Å². The lowest BCUT2D eigenvalue weighted by atomic mass is 9.60. The fraction of sp³-hybridized carbons (Fsp3) is 0.417. The molecule has 0 radical (unpaired) electrons. The van der Waals surface area contributed by atoms with Crippen molar-refractivity contribution in [2.75, 3.05) is 6.61 Å². The number of carbonyl (C=O) groups is 2. The summed E-state index contributed by atoms with van der Waals surface area (Å²) in [6.45, 7) is -0.352. The van der Waals surface area contributed by atoms with Gasteiger partial charge in [0.25, 0.3) is 11.8 Å². The molecule has 3 fully saturated rings. The maximum atomic E-state index is 13.5. The number of hydrogen-bond acceptors (Lipinski definition) is 5. The second-order valence-corrected chi connectivity index (χ2v) is 9.50. The van der Waals surface area contributed by atoms with E-state index in [2.05, 4.69) is 15.4 Å². The van der Waals surface area contributed by atoms with E-state index in [0.717, 1.165) is 18.2 Å². The van der Waals surface area contributed by atoms with Gasteiger partial charge in [-0.3, -0.25) is 9.59 Å². The van der Waals surface area contributed by atoms with E-state index in [0.29, 0.717) is 25.7 Å². The minimum Gasteiger partial charge on any atom is -0.484 e. The zero-order valence-corrected chi connectivity index (χ0v) is 19.6. The molecule has 7 nitrogen and oxygen atoms in total. The molecule has 194 valence electrons. The average molecular weight is 531 g/mol. The molecule has 2 amide bonds. The van der Waals surface area contributed by atoms with Crippen LogP contribution in [-0.4, -0.2) is 47.1 Å². The Morgan fingerprint density at radius 2 is 1.67 bits per heavy atom. The number of ether oxygens (including phenoxy) is 2. The lowest BCUT2D eigenvalue weighted by Crippen LogP contribution is -2.70. The third-order valence-electron chi connectivity index (χ3n) is 6.70. The molecule has 0 unspecified atom stereocenters. The fourth-order valence-electron chi connectivity index (χ4n) is 4.82. The summed E-state index contributed by atoms with van der Waals surface area (Å²) in [5.41, 5.74) is -1.46. The second-order valence-electron chi connectivity index (χ2n) is 9.10. The number of rotatable bonds is 7. The Hall–Kier alpha value is -3.05. The van der Waals surface area contributed by atoms with E-state index in [-0.39, 0.29) is 29.4 Å². The van der Waals surface area contributed by atoms with Crippen molar-refractivity contribution < 1.29 is 41.7 Å². The highest BCUT2D eigenvalue weighted by Gasteiger charge is 2.55. The standard InChI is InChI=1S/C24H23ClF4N2O5/c25-17-6-5-16(11-18(17)26)35-13-20(33)30-22-7-9-23(10-8-22,19(32)12-22)31-21(34)14-1-3-15(4-2-14)36-24(27,28)29/h1-6,11,19,32H,7-10,12-13H2,(H,30,33)(H,31,34)/t19-,22?,23?/m0/s1. The summed E-state index contributed by atoms with van der Waals surface area (Å²) in [6.07, 6.45) is -3.83. The summed E-state index contributed by atoms with van der Waals surface area (Å²) < 4.78 is 59.7. The number of fused-ring (bicyclic) bond motifs is 3. The third-order valence-corrected chi connectivity index (χ3v) is 7.01. The zero-order chi connectivity index (χ0) is 26.1. The maximum Gasteiger partial charge on any atom is 0.573 e. The summed E-state index contributed by atoms with van der Waals surface area (Å²) in [5.74, 6) is -1.93. The van der Waals surface area contributed by atoms with Crippen molar-refractivity contribution >= 4 is 23.4 Å². The summed E-state index contributed by atoms with van der Waals surface area (Å²) in [7, 11) is 0. The molecule has 5 rings (SSSR count). The van der Waals surface area contributed by atoms with Crippen LogP contribution in [0.5, 0.6) is 11.5 Å². The summed E-state index contributed by atoms with van der Waals surface area (Å²) >= 11 is 5.63. The molecule has 12 heteroatoms. The molecule has 2 aromatic rings. The van der Waals surface area contributed by atoms with Gasteiger partial charge in [0, 0.05) is 17.2 Å². The van der Waals surface area contributed by atoms with Crippen molar-refractivity contribution in [2.45, 2.75) is 55.6 Å². The number of halogens is 5. The molecule has 3 aliphatic carbocycles. The molecule has 1 atom stereocenters. The van der Waals surface area contributed by atoms with Crippen LogP contribution >= 0.6 is 11.6 Å². The largest absolute Gasteiger partial charge is 0.573 e. The lowest BCUT2D eigenvalue weighted by Gasteiger charge is -2.56. The Balaban J connectivity index is 1.32. The van der Waals surface area contributed by atoms with E-state index in [1.807, 2.05) is 0 Å². The van der Waals surface area contributed by atoms with Gasteiger partial charge in [-0.25, -0.2) is 4.39 Å². The number of alkyl halides is 3. The molecule has 3 saturated carbocycles. The van der Waals surface area contributed by atoms with Gasteiger partial charge in [0.1, 0.15) is 17.3 Å². The van der Waals surface area contributed by atoms with Crippen LogP contribution in [0.4, 0.5) is 17.6 Å². The summed E-state index contributed by atoms with van der Waals surface area (Å²) in [4.78, 5) is 25.2. The van der Waals surface area contributed by atoms with Crippen molar-refractivity contribution in [3.63, 3.8) is 0 Å². The van der Waals surface area contributed by atoms with Crippen LogP contribution in [0.15, 0.2) is 42.5 Å². The highest BCUT2D eigenvalue weighted by atomic mass is 35.5. The Morgan fingerprint density at radius 1 is 1.03 bits per heavy atom. The number of aliphatic hydroxyl groups is 1. The van der Waals surface area contributed by atoms with E-state index in [4.69, 9.17) is 16.3 Å². The van der Waals surface area contributed by atoms with Gasteiger partial charge in [-0.2, -0.15) is 0 Å². The fourth-order valence-corrected chi connectivity index (χ4v) is 4.93. The van der Waals surface area contributed by atoms with Crippen LogP contribution in [0.2, 0.25) is 5.02 Å². The predicted molar refractivity (Wildman–Crippen MR) is 120 cm³/mol. The molecule has 0 saturated heterocycles. The summed E-state index contributed by atoms with van der Waals surface area (Å²) in [6, 6.07) is 8.34. The minimum absolute atomic E-state index is 0.0628. The Kier molecular flexibility index (Phi) is 7.07. The summed E-state index contributed by atoms with van der Waals surface area (Å²) in [5, 5.41) is 16.6. The number of amides is 2. The Bertz CT molecular complexity index is 1130. The van der Waals surface area contributed by atoms with Crippen LogP contribution in [0.1, 0.15) is 42.5 Å². The molecular weight excluding hydrogens is 508 g/mol. The predicted octanol–water partition coefficient (Wildman–Crippen LogP) is 4.12. The van der Waals surface area contributed by atoms with E-state index in [1.165, 1.54) is 24.3 Å². The highest BCUT2D eigenvalue weighted by molar-refractivity contribution is 6.30. The van der Waals surface area contributed by atoms with Crippen molar-refractivity contribution in [3.8, 4) is 11.5 Å². The van der Waals surface area contributed by atoms with Gasteiger partial charge in [0.15, 0.2) is 6.61 Å². The number of nitrogens with one attached hydrogen (secondary N) is 2. The first-order valence-corrected chi connectivity index (χ1v) is 11.5. The van der Waals surface area contributed by atoms with Crippen LogP contribution in [0.3, 0.4) is 0 Å². The molecule has 2 aromatic carbocycles. The van der Waals surface area contributed by atoms with Crippen molar-refractivity contribution in [1.29, 1.82) is 0 Å². The molecule has 36 heavy (non-hydrogen) atoms. The smallest absolute Gasteiger partial charge is 0.484 e. The monoisotopic (exact) mass is 530 g/mol. The van der Waals surface area contributed by atoms with Gasteiger partial charge in [-0.05, 0) is 68.5 Å². The SMILES string of the molecule is O=C(COc1ccc(Cl)c(F)c1)NC12CCC(NC(=O)c3ccc(OC(F)(F)F)cc3)(CC1)[C@@H](O)C2. The van der Waals surface area contributed by atoms with Crippen molar-refractivity contribution in [3.05, 3.63) is 58.9 Å². The van der Waals surface area contributed by atoms with E-state index in [1.54, 1.807) is 0 Å². The number of aliphatic hydroxyl groups excluding tert-OH is 1. The molecular formula is C24H23ClF4N2O5. The molecule has 0 spiro atoms. The average Bonchev–Trinajstić information content (AvgIpc) is 2.80. The van der Waals surface area contributed by atoms with Gasteiger partial charge >= 0.3 is 6.36 Å². The molecule has 2 bridgehead atoms. The molecule has 0 aromatic heterocycles. The van der Waals surface area contributed by atoms with Gasteiger partial charge in [-0.15, -0.1) is 13.2 Å². The van der Waals surface area contributed by atoms with Crippen molar-refractivity contribution in [1.82, 2.24) is 10.6 Å². The first-order valence-electron chi connectivity index (χ1n) is 11.1. The van der Waals surface area contributed by atoms with E-state index < -0.39 is 46.9 Å². The van der Waals surface area contributed by atoms with Crippen LogP contribution in [-0.2, 0) is 4.79 Å². The van der Waals surface area contributed by atoms with Gasteiger partial charge in [0.05, 0.1) is 16.7 Å². The first-order chi connectivity index (χ1) is 16.9. The van der Waals surface area contributed by atoms with Crippen LogP contribution in [0.25, 0.3) is 0 Å². The lowest BCUT2D eigenvalue weighted by molar-refractivity contribution is -0.274. The molecule has 3 N–H and O–H groups in total. The number of carbonyl (C=O) groups excluding carboxylic acids is 2. The Morgan fingerprint density at radius 3 is 2.25 bits per heavy atom. The number of hydrogen-bond donors (Lipinski definition) is 3. The van der Waals surface area contributed by atoms with Crippen molar-refractivity contribution in [2.24, 2.45) is 0 Å². The van der Waals surface area contributed by atoms with E-state index >= 15 is 0 Å². The van der Waals surface area contributed by atoms with E-state index in [9.17, 15) is 32.3 Å². The topological polar surface area (TPSA) is 96.9 Å². The van der Waals surface area contributed by atoms with Crippen LogP contribution in [0, 0.1) is 5.82 Å². The quantitative estimate of drug-likeness (QED) is 0.468. The highest BCUT2D eigenvalue weighted by Crippen LogP contribution is 2.47. The third kappa shape index (κ3) is 5.84. The second kappa shape index (κ2) is 9.78.